The van der Waals surface area contributed by atoms with E-state index in [0.29, 0.717) is 17.0 Å². The van der Waals surface area contributed by atoms with Gasteiger partial charge in [0.15, 0.2) is 6.61 Å². The van der Waals surface area contributed by atoms with Gasteiger partial charge in [0.2, 0.25) is 5.91 Å². The molecule has 0 saturated carbocycles. The van der Waals surface area contributed by atoms with Crippen molar-refractivity contribution in [2.24, 2.45) is 5.73 Å². The van der Waals surface area contributed by atoms with Gasteiger partial charge in [0.25, 0.3) is 15.9 Å². The van der Waals surface area contributed by atoms with Crippen molar-refractivity contribution >= 4 is 33.2 Å². The van der Waals surface area contributed by atoms with E-state index in [1.54, 1.807) is 31.2 Å². The Morgan fingerprint density at radius 2 is 1.61 bits per heavy atom. The number of primary amides is 1. The number of benzene rings is 3. The number of halogens is 1. The van der Waals surface area contributed by atoms with Gasteiger partial charge in [-0.3, -0.25) is 14.3 Å². The van der Waals surface area contributed by atoms with Crippen LogP contribution in [-0.2, 0) is 26.0 Å². The molecule has 0 heterocycles. The highest BCUT2D eigenvalue weighted by Gasteiger charge is 2.16. The third-order valence-electron chi connectivity index (χ3n) is 4.53. The van der Waals surface area contributed by atoms with Gasteiger partial charge in [-0.15, -0.1) is 0 Å². The van der Waals surface area contributed by atoms with E-state index in [4.69, 9.17) is 10.5 Å². The number of anilines is 2. The first-order valence-electron chi connectivity index (χ1n) is 9.81. The molecular weight excluding hydrogens is 449 g/mol. The number of amides is 2. The Hall–Kier alpha value is -3.92. The normalized spacial score (nSPS) is 11.0. The predicted molar refractivity (Wildman–Crippen MR) is 122 cm³/mol. The third kappa shape index (κ3) is 6.78. The Labute approximate surface area is 190 Å². The Bertz CT molecular complexity index is 1260. The average molecular weight is 472 g/mol. The van der Waals surface area contributed by atoms with Gasteiger partial charge >= 0.3 is 0 Å². The highest BCUT2D eigenvalue weighted by atomic mass is 32.2. The van der Waals surface area contributed by atoms with E-state index in [-0.39, 0.29) is 23.6 Å². The molecule has 0 aromatic heterocycles. The molecule has 3 aromatic rings. The number of hydrogen-bond acceptors (Lipinski definition) is 5. The van der Waals surface area contributed by atoms with E-state index in [2.05, 4.69) is 10.0 Å². The summed E-state index contributed by atoms with van der Waals surface area (Å²) in [6.45, 7) is 1.37. The van der Waals surface area contributed by atoms with Crippen LogP contribution in [0.5, 0.6) is 5.75 Å². The fourth-order valence-electron chi connectivity index (χ4n) is 2.93. The quantitative estimate of drug-likeness (QED) is 0.442. The maximum atomic E-state index is 13.0. The number of ether oxygens (including phenoxy) is 1. The second-order valence-electron chi connectivity index (χ2n) is 7.22. The number of hydrogen-bond donors (Lipinski definition) is 3. The van der Waals surface area contributed by atoms with E-state index in [9.17, 15) is 22.4 Å². The molecule has 0 unspecified atom stereocenters. The molecule has 0 aliphatic carbocycles. The van der Waals surface area contributed by atoms with Crippen LogP contribution in [0, 0.1) is 12.7 Å². The largest absolute Gasteiger partial charge is 0.483 e. The molecule has 10 heteroatoms. The fraction of sp³-hybridized carbons (Fsp3) is 0.130. The van der Waals surface area contributed by atoms with Gasteiger partial charge in [-0.2, -0.15) is 0 Å². The third-order valence-corrected chi connectivity index (χ3v) is 5.91. The lowest BCUT2D eigenvalue weighted by Crippen LogP contribution is -2.20. The van der Waals surface area contributed by atoms with Crippen molar-refractivity contribution in [1.29, 1.82) is 0 Å². The number of sulfonamides is 1. The summed E-state index contributed by atoms with van der Waals surface area (Å²) in [7, 11) is -3.88. The first-order chi connectivity index (χ1) is 15.6. The second kappa shape index (κ2) is 10.1. The van der Waals surface area contributed by atoms with Crippen molar-refractivity contribution in [3.63, 3.8) is 0 Å². The molecule has 172 valence electrons. The van der Waals surface area contributed by atoms with Crippen molar-refractivity contribution in [3.05, 3.63) is 83.7 Å². The molecule has 0 spiro atoms. The lowest BCUT2D eigenvalue weighted by molar-refractivity contribution is -0.118. The van der Waals surface area contributed by atoms with Crippen LogP contribution in [0.1, 0.15) is 11.1 Å². The van der Waals surface area contributed by atoms with Crippen LogP contribution in [0.4, 0.5) is 15.8 Å². The lowest BCUT2D eigenvalue weighted by Gasteiger charge is -2.12. The standard InChI is InChI=1S/C23H22FN3O5S/c1-15-12-20(33(30,31)27-19-8-4-17(24)5-9-19)10-11-21(15)32-14-23(29)26-18-6-2-16(3-7-18)13-22(25)28/h2-12,27H,13-14H2,1H3,(H2,25,28)(H,26,29). The molecule has 8 nitrogen and oxygen atoms in total. The molecule has 3 rings (SSSR count). The molecule has 0 atom stereocenters. The number of rotatable bonds is 9. The molecule has 33 heavy (non-hydrogen) atoms. The van der Waals surface area contributed by atoms with Crippen LogP contribution in [0.25, 0.3) is 0 Å². The van der Waals surface area contributed by atoms with E-state index in [1.807, 2.05) is 0 Å². The molecule has 3 aromatic carbocycles. The number of carbonyl (C=O) groups is 2. The van der Waals surface area contributed by atoms with Crippen molar-refractivity contribution in [2.75, 3.05) is 16.6 Å². The van der Waals surface area contributed by atoms with Crippen LogP contribution in [0.15, 0.2) is 71.6 Å². The molecule has 4 N–H and O–H groups in total. The van der Waals surface area contributed by atoms with Gasteiger partial charge in [-0.05, 0) is 72.6 Å². The number of nitrogens with two attached hydrogens (primary N) is 1. The van der Waals surface area contributed by atoms with Gasteiger partial charge in [0, 0.05) is 11.4 Å². The highest BCUT2D eigenvalue weighted by Crippen LogP contribution is 2.24. The Morgan fingerprint density at radius 3 is 2.21 bits per heavy atom. The number of nitrogens with one attached hydrogen (secondary N) is 2. The summed E-state index contributed by atoms with van der Waals surface area (Å²) in [4.78, 5) is 23.1. The number of aryl methyl sites for hydroxylation is 1. The van der Waals surface area contributed by atoms with E-state index in [0.717, 1.165) is 17.7 Å². The number of carbonyl (C=O) groups excluding carboxylic acids is 2. The Morgan fingerprint density at radius 1 is 0.970 bits per heavy atom. The maximum Gasteiger partial charge on any atom is 0.262 e. The second-order valence-corrected chi connectivity index (χ2v) is 8.90. The smallest absolute Gasteiger partial charge is 0.262 e. The van der Waals surface area contributed by atoms with Crippen molar-refractivity contribution in [2.45, 2.75) is 18.2 Å². The van der Waals surface area contributed by atoms with Gasteiger partial charge in [-0.25, -0.2) is 12.8 Å². The minimum absolute atomic E-state index is 0.00261. The summed E-state index contributed by atoms with van der Waals surface area (Å²) in [5.41, 5.74) is 7.16. The summed E-state index contributed by atoms with van der Waals surface area (Å²) in [5, 5.41) is 2.67. The zero-order valence-electron chi connectivity index (χ0n) is 17.7. The van der Waals surface area contributed by atoms with Gasteiger partial charge in [-0.1, -0.05) is 12.1 Å². The highest BCUT2D eigenvalue weighted by molar-refractivity contribution is 7.92. The predicted octanol–water partition coefficient (Wildman–Crippen LogP) is 2.98. The Balaban J connectivity index is 1.59. The van der Waals surface area contributed by atoms with Crippen LogP contribution in [0.2, 0.25) is 0 Å². The summed E-state index contributed by atoms with van der Waals surface area (Å²) in [6.07, 6.45) is 0.113. The topological polar surface area (TPSA) is 128 Å². The van der Waals surface area contributed by atoms with Crippen LogP contribution in [-0.4, -0.2) is 26.8 Å². The van der Waals surface area contributed by atoms with Gasteiger partial charge < -0.3 is 15.8 Å². The maximum absolute atomic E-state index is 13.0. The summed E-state index contributed by atoms with van der Waals surface area (Å²) >= 11 is 0. The molecule has 0 saturated heterocycles. The minimum Gasteiger partial charge on any atom is -0.483 e. The molecule has 0 radical (unpaired) electrons. The van der Waals surface area contributed by atoms with Crippen molar-refractivity contribution in [3.8, 4) is 5.75 Å². The van der Waals surface area contributed by atoms with Crippen molar-refractivity contribution < 1.29 is 27.1 Å². The Kier molecular flexibility index (Phi) is 7.29. The fourth-order valence-corrected chi connectivity index (χ4v) is 4.07. The van der Waals surface area contributed by atoms with E-state index >= 15 is 0 Å². The van der Waals surface area contributed by atoms with Crippen LogP contribution < -0.4 is 20.5 Å². The van der Waals surface area contributed by atoms with Crippen LogP contribution >= 0.6 is 0 Å². The molecule has 0 fully saturated rings. The van der Waals surface area contributed by atoms with E-state index in [1.165, 1.54) is 30.3 Å². The minimum atomic E-state index is -3.88. The zero-order valence-corrected chi connectivity index (χ0v) is 18.5. The molecule has 0 aliphatic rings. The molecule has 0 aliphatic heterocycles. The molecule has 0 bridgehead atoms. The molecule has 2 amide bonds. The monoisotopic (exact) mass is 471 g/mol. The summed E-state index contributed by atoms with van der Waals surface area (Å²) in [6, 6.07) is 15.8. The van der Waals surface area contributed by atoms with Crippen LogP contribution in [0.3, 0.4) is 0 Å². The first kappa shape index (κ1) is 23.7. The zero-order chi connectivity index (χ0) is 24.0. The SMILES string of the molecule is Cc1cc(S(=O)(=O)Nc2ccc(F)cc2)ccc1OCC(=O)Nc1ccc(CC(N)=O)cc1. The average Bonchev–Trinajstić information content (AvgIpc) is 2.75. The van der Waals surface area contributed by atoms with E-state index < -0.39 is 27.7 Å². The summed E-state index contributed by atoms with van der Waals surface area (Å²) in [5.74, 6) is -0.977. The van der Waals surface area contributed by atoms with Gasteiger partial charge in [0.05, 0.1) is 11.3 Å². The van der Waals surface area contributed by atoms with Gasteiger partial charge in [0.1, 0.15) is 11.6 Å². The first-order valence-corrected chi connectivity index (χ1v) is 11.3. The molecular formula is C23H22FN3O5S. The van der Waals surface area contributed by atoms with Crippen molar-refractivity contribution in [1.82, 2.24) is 0 Å². The summed E-state index contributed by atoms with van der Waals surface area (Å²) < 4.78 is 46.0. The lowest BCUT2D eigenvalue weighted by atomic mass is 10.1.